The molecule has 1 aliphatic carbocycles. The van der Waals surface area contributed by atoms with Crippen LogP contribution in [-0.4, -0.2) is 14.6 Å². The first-order chi connectivity index (χ1) is 7.33. The largest absolute Gasteiger partial charge is 0.384 e. The van der Waals surface area contributed by atoms with Crippen LogP contribution in [0, 0.1) is 5.92 Å². The van der Waals surface area contributed by atoms with Gasteiger partial charge in [-0.25, -0.2) is 4.98 Å². The van der Waals surface area contributed by atoms with E-state index >= 15 is 0 Å². The van der Waals surface area contributed by atoms with E-state index in [0.29, 0.717) is 5.82 Å². The Labute approximate surface area is 88.1 Å². The molecule has 0 unspecified atom stereocenters. The maximum atomic E-state index is 5.90. The van der Waals surface area contributed by atoms with Crippen molar-refractivity contribution in [2.45, 2.75) is 25.7 Å². The van der Waals surface area contributed by atoms with Gasteiger partial charge in [0, 0.05) is 17.8 Å². The first-order valence-electron chi connectivity index (χ1n) is 5.42. The molecule has 0 spiro atoms. The number of anilines is 1. The average molecular weight is 202 g/mol. The monoisotopic (exact) mass is 202 g/mol. The van der Waals surface area contributed by atoms with Crippen molar-refractivity contribution in [1.82, 2.24) is 14.6 Å². The molecular formula is C11H14N4. The van der Waals surface area contributed by atoms with E-state index in [9.17, 15) is 0 Å². The van der Waals surface area contributed by atoms with E-state index in [2.05, 4.69) is 10.1 Å². The van der Waals surface area contributed by atoms with Gasteiger partial charge in [0.15, 0.2) is 5.65 Å². The molecule has 1 saturated carbocycles. The molecule has 78 valence electrons. The van der Waals surface area contributed by atoms with Gasteiger partial charge in [0.2, 0.25) is 0 Å². The van der Waals surface area contributed by atoms with Crippen LogP contribution in [0.3, 0.4) is 0 Å². The summed E-state index contributed by atoms with van der Waals surface area (Å²) in [5, 5.41) is 4.10. The SMILES string of the molecule is Nc1cc(CC2CCC2)nc2ccnn12. The fourth-order valence-corrected chi connectivity index (χ4v) is 2.09. The second-order valence-corrected chi connectivity index (χ2v) is 4.27. The molecular weight excluding hydrogens is 188 g/mol. The molecule has 0 saturated heterocycles. The number of rotatable bonds is 2. The minimum atomic E-state index is 0.680. The van der Waals surface area contributed by atoms with Crippen LogP contribution in [-0.2, 0) is 6.42 Å². The normalized spacial score (nSPS) is 16.8. The Bertz CT molecular complexity index is 484. The molecule has 2 heterocycles. The van der Waals surface area contributed by atoms with Gasteiger partial charge in [-0.1, -0.05) is 19.3 Å². The maximum absolute atomic E-state index is 5.90. The van der Waals surface area contributed by atoms with Gasteiger partial charge in [-0.3, -0.25) is 0 Å². The first kappa shape index (κ1) is 8.71. The second kappa shape index (κ2) is 3.22. The third-order valence-electron chi connectivity index (χ3n) is 3.16. The third kappa shape index (κ3) is 1.46. The van der Waals surface area contributed by atoms with Crippen LogP contribution in [0.5, 0.6) is 0 Å². The highest BCUT2D eigenvalue weighted by atomic mass is 15.3. The number of nitrogens with zero attached hydrogens (tertiary/aromatic N) is 3. The van der Waals surface area contributed by atoms with Crippen LogP contribution in [0.1, 0.15) is 25.0 Å². The zero-order valence-electron chi connectivity index (χ0n) is 8.56. The lowest BCUT2D eigenvalue weighted by Crippen LogP contribution is -2.15. The highest BCUT2D eigenvalue weighted by Gasteiger charge is 2.18. The van der Waals surface area contributed by atoms with Crippen molar-refractivity contribution in [2.24, 2.45) is 5.92 Å². The molecule has 2 aromatic rings. The standard InChI is InChI=1S/C11H14N4/c12-10-7-9(6-8-2-1-3-8)14-11-4-5-13-15(10)11/h4-5,7-8H,1-3,6,12H2. The molecule has 1 fully saturated rings. The van der Waals surface area contributed by atoms with Gasteiger partial charge >= 0.3 is 0 Å². The van der Waals surface area contributed by atoms with Crippen molar-refractivity contribution in [2.75, 3.05) is 5.73 Å². The van der Waals surface area contributed by atoms with Crippen molar-refractivity contribution < 1.29 is 0 Å². The molecule has 1 aliphatic rings. The second-order valence-electron chi connectivity index (χ2n) is 4.27. The summed E-state index contributed by atoms with van der Waals surface area (Å²) in [5.41, 5.74) is 7.85. The number of fused-ring (bicyclic) bond motifs is 1. The highest BCUT2D eigenvalue weighted by molar-refractivity contribution is 5.46. The quantitative estimate of drug-likeness (QED) is 0.805. The molecule has 4 nitrogen and oxygen atoms in total. The van der Waals surface area contributed by atoms with Crippen molar-refractivity contribution in [3.63, 3.8) is 0 Å². The fraction of sp³-hybridized carbons (Fsp3) is 0.455. The van der Waals surface area contributed by atoms with E-state index in [1.165, 1.54) is 19.3 Å². The topological polar surface area (TPSA) is 56.2 Å². The predicted octanol–water partition coefficient (Wildman–Crippen LogP) is 1.65. The van der Waals surface area contributed by atoms with Crippen LogP contribution >= 0.6 is 0 Å². The lowest BCUT2D eigenvalue weighted by Gasteiger charge is -2.24. The number of nitrogens with two attached hydrogens (primary N) is 1. The van der Waals surface area contributed by atoms with E-state index in [4.69, 9.17) is 5.73 Å². The van der Waals surface area contributed by atoms with Crippen LogP contribution < -0.4 is 5.73 Å². The first-order valence-corrected chi connectivity index (χ1v) is 5.42. The maximum Gasteiger partial charge on any atom is 0.157 e. The Morgan fingerprint density at radius 1 is 1.47 bits per heavy atom. The minimum absolute atomic E-state index is 0.680. The molecule has 4 heteroatoms. The number of hydrogen-bond donors (Lipinski definition) is 1. The van der Waals surface area contributed by atoms with Crippen molar-refractivity contribution in [3.8, 4) is 0 Å². The molecule has 3 rings (SSSR count). The van der Waals surface area contributed by atoms with Gasteiger partial charge in [-0.05, 0) is 12.3 Å². The molecule has 0 aromatic carbocycles. The van der Waals surface area contributed by atoms with Gasteiger partial charge in [0.1, 0.15) is 5.82 Å². The lowest BCUT2D eigenvalue weighted by molar-refractivity contribution is 0.312. The molecule has 0 aliphatic heterocycles. The van der Waals surface area contributed by atoms with Gasteiger partial charge in [0.05, 0.1) is 6.20 Å². The Morgan fingerprint density at radius 2 is 2.33 bits per heavy atom. The smallest absolute Gasteiger partial charge is 0.157 e. The van der Waals surface area contributed by atoms with E-state index in [1.807, 2.05) is 12.1 Å². The fourth-order valence-electron chi connectivity index (χ4n) is 2.09. The Balaban J connectivity index is 1.96. The van der Waals surface area contributed by atoms with Crippen LogP contribution in [0.2, 0.25) is 0 Å². The molecule has 0 amide bonds. The van der Waals surface area contributed by atoms with E-state index in [0.717, 1.165) is 23.7 Å². The lowest BCUT2D eigenvalue weighted by atomic mass is 9.82. The van der Waals surface area contributed by atoms with E-state index in [1.54, 1.807) is 10.7 Å². The summed E-state index contributed by atoms with van der Waals surface area (Å²) in [6, 6.07) is 3.83. The summed E-state index contributed by atoms with van der Waals surface area (Å²) in [6.45, 7) is 0. The number of nitrogen functional groups attached to an aromatic ring is 1. The van der Waals surface area contributed by atoms with E-state index < -0.39 is 0 Å². The van der Waals surface area contributed by atoms with Crippen molar-refractivity contribution in [1.29, 1.82) is 0 Å². The van der Waals surface area contributed by atoms with Gasteiger partial charge < -0.3 is 5.73 Å². The summed E-state index contributed by atoms with van der Waals surface area (Å²) in [4.78, 5) is 4.54. The Kier molecular flexibility index (Phi) is 1.87. The third-order valence-corrected chi connectivity index (χ3v) is 3.16. The molecule has 15 heavy (non-hydrogen) atoms. The van der Waals surface area contributed by atoms with Crippen molar-refractivity contribution in [3.05, 3.63) is 24.0 Å². The summed E-state index contributed by atoms with van der Waals surface area (Å²) < 4.78 is 1.67. The minimum Gasteiger partial charge on any atom is -0.384 e. The predicted molar refractivity (Wildman–Crippen MR) is 58.4 cm³/mol. The van der Waals surface area contributed by atoms with Crippen LogP contribution in [0.15, 0.2) is 18.3 Å². The van der Waals surface area contributed by atoms with Crippen molar-refractivity contribution >= 4 is 11.5 Å². The zero-order valence-corrected chi connectivity index (χ0v) is 8.56. The molecule has 0 radical (unpaired) electrons. The summed E-state index contributed by atoms with van der Waals surface area (Å²) in [6.07, 6.45) is 6.84. The number of hydrogen-bond acceptors (Lipinski definition) is 3. The summed E-state index contributed by atoms with van der Waals surface area (Å²) in [7, 11) is 0. The van der Waals surface area contributed by atoms with E-state index in [-0.39, 0.29) is 0 Å². The highest BCUT2D eigenvalue weighted by Crippen LogP contribution is 2.29. The Morgan fingerprint density at radius 3 is 3.07 bits per heavy atom. The summed E-state index contributed by atoms with van der Waals surface area (Å²) in [5.74, 6) is 1.50. The van der Waals surface area contributed by atoms with Crippen LogP contribution in [0.25, 0.3) is 5.65 Å². The number of aromatic nitrogens is 3. The Hall–Kier alpha value is -1.58. The molecule has 2 N–H and O–H groups in total. The summed E-state index contributed by atoms with van der Waals surface area (Å²) >= 11 is 0. The molecule has 2 aromatic heterocycles. The zero-order chi connectivity index (χ0) is 10.3. The van der Waals surface area contributed by atoms with Crippen LogP contribution in [0.4, 0.5) is 5.82 Å². The van der Waals surface area contributed by atoms with Gasteiger partial charge in [0.25, 0.3) is 0 Å². The average Bonchev–Trinajstić information content (AvgIpc) is 2.59. The molecule has 0 atom stereocenters. The van der Waals surface area contributed by atoms with Gasteiger partial charge in [-0.2, -0.15) is 9.61 Å². The molecule has 0 bridgehead atoms. The van der Waals surface area contributed by atoms with Gasteiger partial charge in [-0.15, -0.1) is 0 Å².